The lowest BCUT2D eigenvalue weighted by atomic mass is 10.2. The molecule has 2 nitrogen and oxygen atoms in total. The number of carbonyl (C=O) groups excluding carboxylic acids is 1. The smallest absolute Gasteiger partial charge is 0.237 e. The second-order valence-electron chi connectivity index (χ2n) is 4.56. The first-order valence-corrected chi connectivity index (χ1v) is 7.90. The molecule has 0 radical (unpaired) electrons. The molecule has 0 aromatic heterocycles. The largest absolute Gasteiger partial charge is 0.325 e. The molecule has 110 valence electrons. The number of benzene rings is 2. The standard InChI is InChI=1S/C16H15ClFNOS/c1-11(21-10-12-5-3-2-4-6-12)16(20)19-13-7-8-15(18)14(17)9-13/h2-9,11H,10H2,1H3,(H,19,20)/t11-/m0/s1. The zero-order valence-corrected chi connectivity index (χ0v) is 13.0. The average molecular weight is 324 g/mol. The SMILES string of the molecule is C[C@H](SCc1ccccc1)C(=O)Nc1ccc(F)c(Cl)c1. The molecular weight excluding hydrogens is 309 g/mol. The van der Waals surface area contributed by atoms with Gasteiger partial charge in [-0.1, -0.05) is 41.9 Å². The number of hydrogen-bond donors (Lipinski definition) is 1. The fourth-order valence-corrected chi connectivity index (χ4v) is 2.71. The molecule has 2 rings (SSSR count). The van der Waals surface area contributed by atoms with Gasteiger partial charge in [-0.2, -0.15) is 0 Å². The quantitative estimate of drug-likeness (QED) is 0.861. The molecule has 0 unspecified atom stereocenters. The van der Waals surface area contributed by atoms with Gasteiger partial charge in [0.25, 0.3) is 0 Å². The van der Waals surface area contributed by atoms with Crippen LogP contribution in [0, 0.1) is 5.82 Å². The summed E-state index contributed by atoms with van der Waals surface area (Å²) < 4.78 is 13.1. The lowest BCUT2D eigenvalue weighted by Gasteiger charge is -2.12. The molecule has 0 fully saturated rings. The van der Waals surface area contributed by atoms with E-state index in [0.717, 1.165) is 5.75 Å². The number of anilines is 1. The maximum absolute atomic E-state index is 13.1. The Kier molecular flexibility index (Phi) is 5.65. The Labute approximate surface area is 132 Å². The van der Waals surface area contributed by atoms with Crippen molar-refractivity contribution in [2.75, 3.05) is 5.32 Å². The minimum absolute atomic E-state index is 0.00242. The van der Waals surface area contributed by atoms with Crippen LogP contribution in [0.25, 0.3) is 0 Å². The first-order valence-electron chi connectivity index (χ1n) is 6.47. The Hall–Kier alpha value is -1.52. The van der Waals surface area contributed by atoms with Crippen molar-refractivity contribution in [2.45, 2.75) is 17.9 Å². The fraction of sp³-hybridized carbons (Fsp3) is 0.188. The van der Waals surface area contributed by atoms with E-state index in [-0.39, 0.29) is 16.2 Å². The van der Waals surface area contributed by atoms with Crippen LogP contribution in [0.15, 0.2) is 48.5 Å². The Morgan fingerprint density at radius 2 is 2.00 bits per heavy atom. The highest BCUT2D eigenvalue weighted by Gasteiger charge is 2.14. The maximum Gasteiger partial charge on any atom is 0.237 e. The van der Waals surface area contributed by atoms with Crippen molar-refractivity contribution >= 4 is 35.0 Å². The molecule has 0 saturated heterocycles. The predicted octanol–water partition coefficient (Wildman–Crippen LogP) is 4.74. The van der Waals surface area contributed by atoms with Gasteiger partial charge in [0, 0.05) is 11.4 Å². The summed E-state index contributed by atoms with van der Waals surface area (Å²) >= 11 is 7.23. The molecule has 0 aliphatic heterocycles. The van der Waals surface area contributed by atoms with E-state index in [0.29, 0.717) is 5.69 Å². The van der Waals surface area contributed by atoms with Crippen LogP contribution in [0.3, 0.4) is 0 Å². The van der Waals surface area contributed by atoms with E-state index in [9.17, 15) is 9.18 Å². The minimum Gasteiger partial charge on any atom is -0.325 e. The maximum atomic E-state index is 13.1. The zero-order valence-electron chi connectivity index (χ0n) is 11.5. The summed E-state index contributed by atoms with van der Waals surface area (Å²) in [5, 5.41) is 2.52. The van der Waals surface area contributed by atoms with Gasteiger partial charge in [-0.05, 0) is 30.7 Å². The van der Waals surface area contributed by atoms with E-state index >= 15 is 0 Å². The van der Waals surface area contributed by atoms with Gasteiger partial charge in [0.15, 0.2) is 0 Å². The fourth-order valence-electron chi connectivity index (χ4n) is 1.69. The summed E-state index contributed by atoms with van der Waals surface area (Å²) in [6, 6.07) is 14.1. The number of nitrogens with one attached hydrogen (secondary N) is 1. The molecule has 0 aliphatic carbocycles. The van der Waals surface area contributed by atoms with Crippen molar-refractivity contribution in [3.63, 3.8) is 0 Å². The van der Waals surface area contributed by atoms with E-state index in [1.807, 2.05) is 37.3 Å². The molecule has 1 N–H and O–H groups in total. The molecule has 1 amide bonds. The Bertz CT molecular complexity index is 621. The summed E-state index contributed by atoms with van der Waals surface area (Å²) in [6.07, 6.45) is 0. The van der Waals surface area contributed by atoms with Crippen LogP contribution in [0.2, 0.25) is 5.02 Å². The number of halogens is 2. The highest BCUT2D eigenvalue weighted by molar-refractivity contribution is 7.99. The zero-order chi connectivity index (χ0) is 15.2. The molecule has 5 heteroatoms. The molecule has 0 spiro atoms. The van der Waals surface area contributed by atoms with E-state index in [1.165, 1.54) is 23.8 Å². The van der Waals surface area contributed by atoms with E-state index in [1.54, 1.807) is 11.8 Å². The van der Waals surface area contributed by atoms with Crippen molar-refractivity contribution in [3.05, 3.63) is 64.9 Å². The first kappa shape index (κ1) is 15.9. The minimum atomic E-state index is -0.499. The predicted molar refractivity (Wildman–Crippen MR) is 87.2 cm³/mol. The van der Waals surface area contributed by atoms with Crippen LogP contribution in [-0.2, 0) is 10.5 Å². The summed E-state index contributed by atoms with van der Waals surface area (Å²) in [4.78, 5) is 12.1. The van der Waals surface area contributed by atoms with Crippen molar-refractivity contribution in [1.29, 1.82) is 0 Å². The molecule has 0 saturated carbocycles. The van der Waals surface area contributed by atoms with E-state index in [4.69, 9.17) is 11.6 Å². The third-order valence-electron chi connectivity index (χ3n) is 2.90. The normalized spacial score (nSPS) is 12.0. The molecular formula is C16H15ClFNOS. The van der Waals surface area contributed by atoms with Crippen LogP contribution in [0.1, 0.15) is 12.5 Å². The number of rotatable bonds is 5. The van der Waals surface area contributed by atoms with Crippen LogP contribution in [0.4, 0.5) is 10.1 Å². The van der Waals surface area contributed by atoms with Gasteiger partial charge < -0.3 is 5.32 Å². The monoisotopic (exact) mass is 323 g/mol. The van der Waals surface area contributed by atoms with Crippen molar-refractivity contribution in [3.8, 4) is 0 Å². The second kappa shape index (κ2) is 7.48. The molecule has 0 bridgehead atoms. The molecule has 2 aromatic carbocycles. The summed E-state index contributed by atoms with van der Waals surface area (Å²) in [5.74, 6) is 0.138. The second-order valence-corrected chi connectivity index (χ2v) is 6.29. The van der Waals surface area contributed by atoms with Gasteiger partial charge in [0.05, 0.1) is 10.3 Å². The van der Waals surface area contributed by atoms with Crippen molar-refractivity contribution in [2.24, 2.45) is 0 Å². The molecule has 21 heavy (non-hydrogen) atoms. The highest BCUT2D eigenvalue weighted by Crippen LogP contribution is 2.22. The van der Waals surface area contributed by atoms with Gasteiger partial charge in [-0.15, -0.1) is 11.8 Å². The third-order valence-corrected chi connectivity index (χ3v) is 4.40. The van der Waals surface area contributed by atoms with Gasteiger partial charge in [0.1, 0.15) is 5.82 Å². The molecule has 0 aliphatic rings. The summed E-state index contributed by atoms with van der Waals surface area (Å²) in [5.41, 5.74) is 1.67. The molecule has 0 heterocycles. The number of carbonyl (C=O) groups is 1. The Balaban J connectivity index is 1.89. The average Bonchev–Trinajstić information content (AvgIpc) is 2.49. The Morgan fingerprint density at radius 3 is 2.67 bits per heavy atom. The lowest BCUT2D eigenvalue weighted by Crippen LogP contribution is -2.22. The topological polar surface area (TPSA) is 29.1 Å². The van der Waals surface area contributed by atoms with Crippen LogP contribution < -0.4 is 5.32 Å². The van der Waals surface area contributed by atoms with Gasteiger partial charge >= 0.3 is 0 Å². The number of hydrogen-bond acceptors (Lipinski definition) is 2. The van der Waals surface area contributed by atoms with Crippen molar-refractivity contribution < 1.29 is 9.18 Å². The van der Waals surface area contributed by atoms with Gasteiger partial charge in [-0.3, -0.25) is 4.79 Å². The summed E-state index contributed by atoms with van der Waals surface area (Å²) in [6.45, 7) is 1.84. The number of thioether (sulfide) groups is 1. The first-order chi connectivity index (χ1) is 10.1. The van der Waals surface area contributed by atoms with Gasteiger partial charge in [0.2, 0.25) is 5.91 Å². The number of amides is 1. The van der Waals surface area contributed by atoms with Gasteiger partial charge in [-0.25, -0.2) is 4.39 Å². The molecule has 2 aromatic rings. The highest BCUT2D eigenvalue weighted by atomic mass is 35.5. The van der Waals surface area contributed by atoms with Crippen LogP contribution in [-0.4, -0.2) is 11.2 Å². The Morgan fingerprint density at radius 1 is 1.29 bits per heavy atom. The van der Waals surface area contributed by atoms with Crippen molar-refractivity contribution in [1.82, 2.24) is 0 Å². The van der Waals surface area contributed by atoms with Crippen LogP contribution >= 0.6 is 23.4 Å². The van der Waals surface area contributed by atoms with E-state index < -0.39 is 5.82 Å². The van der Waals surface area contributed by atoms with E-state index in [2.05, 4.69) is 5.32 Å². The summed E-state index contributed by atoms with van der Waals surface area (Å²) in [7, 11) is 0. The molecule has 1 atom stereocenters. The third kappa shape index (κ3) is 4.76. The van der Waals surface area contributed by atoms with Crippen LogP contribution in [0.5, 0.6) is 0 Å². The lowest BCUT2D eigenvalue weighted by molar-refractivity contribution is -0.115.